The van der Waals surface area contributed by atoms with E-state index >= 15 is 0 Å². The molecule has 136 valence electrons. The zero-order valence-electron chi connectivity index (χ0n) is 14.6. The van der Waals surface area contributed by atoms with Crippen LogP contribution >= 0.6 is 11.3 Å². The van der Waals surface area contributed by atoms with Crippen molar-refractivity contribution in [1.82, 2.24) is 4.90 Å². The Hall–Kier alpha value is -2.34. The van der Waals surface area contributed by atoms with Crippen molar-refractivity contribution in [2.24, 2.45) is 0 Å². The maximum absolute atomic E-state index is 12.6. The Bertz CT molecular complexity index is 769. The van der Waals surface area contributed by atoms with Crippen LogP contribution in [0, 0.1) is 0 Å². The first kappa shape index (κ1) is 17.1. The minimum Gasteiger partial charge on any atom is -0.484 e. The van der Waals surface area contributed by atoms with E-state index in [4.69, 9.17) is 4.74 Å². The van der Waals surface area contributed by atoms with Gasteiger partial charge in [-0.2, -0.15) is 11.3 Å². The lowest BCUT2D eigenvalue weighted by Crippen LogP contribution is -2.36. The van der Waals surface area contributed by atoms with Gasteiger partial charge in [-0.25, -0.2) is 0 Å². The number of carbonyl (C=O) groups excluding carboxylic acids is 2. The van der Waals surface area contributed by atoms with Crippen LogP contribution in [0.4, 0.5) is 5.69 Å². The van der Waals surface area contributed by atoms with Gasteiger partial charge in [0.05, 0.1) is 0 Å². The molecule has 2 aromatic rings. The number of anilines is 1. The molecule has 26 heavy (non-hydrogen) atoms. The Balaban J connectivity index is 1.33. The average Bonchev–Trinajstić information content (AvgIpc) is 3.19. The topological polar surface area (TPSA) is 49.9 Å². The summed E-state index contributed by atoms with van der Waals surface area (Å²) in [5, 5.41) is 4.12. The van der Waals surface area contributed by atoms with Crippen LogP contribution in [0.3, 0.4) is 0 Å². The summed E-state index contributed by atoms with van der Waals surface area (Å²) in [4.78, 5) is 28.1. The van der Waals surface area contributed by atoms with Crippen molar-refractivity contribution in [3.63, 3.8) is 0 Å². The summed E-state index contributed by atoms with van der Waals surface area (Å²) in [6.07, 6.45) is 3.68. The standard InChI is InChI=1S/C20H22N2O3S/c23-19-2-1-10-21(19)16-5-7-18(8-6-16)25-13-20(24)22(17-3-4-17)12-15-9-11-26-14-15/h5-9,11,14,17H,1-4,10,12-13H2. The largest absolute Gasteiger partial charge is 0.484 e. The molecular weight excluding hydrogens is 348 g/mol. The van der Waals surface area contributed by atoms with Gasteiger partial charge >= 0.3 is 0 Å². The fraction of sp³-hybridized carbons (Fsp3) is 0.400. The minimum atomic E-state index is 0.0255. The molecule has 0 bridgehead atoms. The molecule has 1 aromatic carbocycles. The predicted molar refractivity (Wildman–Crippen MR) is 101 cm³/mol. The molecule has 2 heterocycles. The molecule has 1 aliphatic carbocycles. The molecule has 1 saturated heterocycles. The quantitative estimate of drug-likeness (QED) is 0.750. The van der Waals surface area contributed by atoms with Gasteiger partial charge in [-0.15, -0.1) is 0 Å². The van der Waals surface area contributed by atoms with Gasteiger partial charge in [-0.3, -0.25) is 9.59 Å². The molecule has 1 saturated carbocycles. The molecule has 0 atom stereocenters. The predicted octanol–water partition coefficient (Wildman–Crippen LogP) is 3.44. The number of amides is 2. The molecule has 5 nitrogen and oxygen atoms in total. The lowest BCUT2D eigenvalue weighted by Gasteiger charge is -2.22. The average molecular weight is 370 g/mol. The van der Waals surface area contributed by atoms with E-state index in [1.54, 1.807) is 16.2 Å². The fourth-order valence-corrected chi connectivity index (χ4v) is 3.92. The van der Waals surface area contributed by atoms with E-state index in [2.05, 4.69) is 11.4 Å². The first-order chi connectivity index (χ1) is 12.7. The molecule has 6 heteroatoms. The Morgan fingerprint density at radius 1 is 1.23 bits per heavy atom. The zero-order chi connectivity index (χ0) is 17.9. The lowest BCUT2D eigenvalue weighted by molar-refractivity contribution is -0.134. The second-order valence-electron chi connectivity index (χ2n) is 6.82. The summed E-state index contributed by atoms with van der Waals surface area (Å²) in [6.45, 7) is 1.48. The minimum absolute atomic E-state index is 0.0255. The molecule has 4 rings (SSSR count). The number of hydrogen-bond donors (Lipinski definition) is 0. The second-order valence-corrected chi connectivity index (χ2v) is 7.60. The van der Waals surface area contributed by atoms with Gasteiger partial charge in [0, 0.05) is 31.2 Å². The molecule has 1 aromatic heterocycles. The summed E-state index contributed by atoms with van der Waals surface area (Å²) in [5.41, 5.74) is 2.07. The molecule has 2 aliphatic rings. The van der Waals surface area contributed by atoms with Gasteiger partial charge in [0.15, 0.2) is 6.61 Å². The third kappa shape index (κ3) is 3.90. The fourth-order valence-electron chi connectivity index (χ4n) is 3.26. The molecular formula is C20H22N2O3S. The SMILES string of the molecule is O=C1CCCN1c1ccc(OCC(=O)N(Cc2ccsc2)C2CC2)cc1. The van der Waals surface area contributed by atoms with Crippen LogP contribution in [0.25, 0.3) is 0 Å². The van der Waals surface area contributed by atoms with Gasteiger partial charge in [0.2, 0.25) is 5.91 Å². The highest BCUT2D eigenvalue weighted by molar-refractivity contribution is 7.07. The summed E-state index contributed by atoms with van der Waals surface area (Å²) < 4.78 is 5.70. The third-order valence-electron chi connectivity index (χ3n) is 4.83. The van der Waals surface area contributed by atoms with Gasteiger partial charge in [0.1, 0.15) is 5.75 Å². The van der Waals surface area contributed by atoms with Crippen LogP contribution in [-0.4, -0.2) is 35.9 Å². The Morgan fingerprint density at radius 2 is 2.04 bits per heavy atom. The van der Waals surface area contributed by atoms with Crippen molar-refractivity contribution in [3.8, 4) is 5.75 Å². The Kier molecular flexibility index (Phi) is 4.93. The van der Waals surface area contributed by atoms with Crippen LogP contribution < -0.4 is 9.64 Å². The van der Waals surface area contributed by atoms with Gasteiger partial charge in [0.25, 0.3) is 5.91 Å². The van der Waals surface area contributed by atoms with Crippen molar-refractivity contribution < 1.29 is 14.3 Å². The van der Waals surface area contributed by atoms with E-state index in [0.29, 0.717) is 24.8 Å². The highest BCUT2D eigenvalue weighted by atomic mass is 32.1. The number of carbonyl (C=O) groups is 2. The van der Waals surface area contributed by atoms with Crippen LogP contribution in [0.2, 0.25) is 0 Å². The van der Waals surface area contributed by atoms with Gasteiger partial charge in [-0.05, 0) is 65.9 Å². The van der Waals surface area contributed by atoms with Crippen LogP contribution in [-0.2, 0) is 16.1 Å². The monoisotopic (exact) mass is 370 g/mol. The lowest BCUT2D eigenvalue weighted by atomic mass is 10.3. The van der Waals surface area contributed by atoms with Gasteiger partial charge in [-0.1, -0.05) is 0 Å². The van der Waals surface area contributed by atoms with Gasteiger partial charge < -0.3 is 14.5 Å². The third-order valence-corrected chi connectivity index (χ3v) is 5.56. The van der Waals surface area contributed by atoms with E-state index in [-0.39, 0.29) is 18.4 Å². The number of thiophene rings is 1. The molecule has 0 unspecified atom stereocenters. The Labute approximate surface area is 157 Å². The van der Waals surface area contributed by atoms with Crippen molar-refractivity contribution in [2.75, 3.05) is 18.1 Å². The first-order valence-electron chi connectivity index (χ1n) is 9.04. The first-order valence-corrected chi connectivity index (χ1v) is 9.99. The molecule has 0 spiro atoms. The number of rotatable bonds is 7. The van der Waals surface area contributed by atoms with Crippen LogP contribution in [0.1, 0.15) is 31.2 Å². The Morgan fingerprint density at radius 3 is 2.65 bits per heavy atom. The molecule has 0 radical (unpaired) electrons. The van der Waals surface area contributed by atoms with E-state index in [1.165, 1.54) is 5.56 Å². The van der Waals surface area contributed by atoms with Crippen molar-refractivity contribution in [3.05, 3.63) is 46.7 Å². The smallest absolute Gasteiger partial charge is 0.261 e. The number of benzene rings is 1. The number of nitrogens with zero attached hydrogens (tertiary/aromatic N) is 2. The maximum Gasteiger partial charge on any atom is 0.261 e. The van der Waals surface area contributed by atoms with Crippen molar-refractivity contribution in [1.29, 1.82) is 0 Å². The van der Waals surface area contributed by atoms with Crippen LogP contribution in [0.5, 0.6) is 5.75 Å². The van der Waals surface area contributed by atoms with E-state index in [1.807, 2.05) is 34.5 Å². The molecule has 0 N–H and O–H groups in total. The van der Waals surface area contributed by atoms with E-state index in [9.17, 15) is 9.59 Å². The summed E-state index contributed by atoms with van der Waals surface area (Å²) in [5.74, 6) is 0.847. The molecule has 1 aliphatic heterocycles. The summed E-state index contributed by atoms with van der Waals surface area (Å²) in [7, 11) is 0. The van der Waals surface area contributed by atoms with E-state index in [0.717, 1.165) is 31.5 Å². The molecule has 2 fully saturated rings. The number of ether oxygens (including phenoxy) is 1. The second kappa shape index (κ2) is 7.50. The maximum atomic E-state index is 12.6. The highest BCUT2D eigenvalue weighted by Gasteiger charge is 2.32. The zero-order valence-corrected chi connectivity index (χ0v) is 15.4. The summed E-state index contributed by atoms with van der Waals surface area (Å²) >= 11 is 1.65. The normalized spacial score (nSPS) is 16.8. The summed E-state index contributed by atoms with van der Waals surface area (Å²) in [6, 6.07) is 9.84. The highest BCUT2D eigenvalue weighted by Crippen LogP contribution is 2.29. The van der Waals surface area contributed by atoms with E-state index < -0.39 is 0 Å². The van der Waals surface area contributed by atoms with Crippen LogP contribution in [0.15, 0.2) is 41.1 Å². The molecule has 2 amide bonds. The number of hydrogen-bond acceptors (Lipinski definition) is 4. The van der Waals surface area contributed by atoms with Crippen molar-refractivity contribution >= 4 is 28.8 Å². The van der Waals surface area contributed by atoms with Crippen molar-refractivity contribution in [2.45, 2.75) is 38.3 Å².